The third kappa shape index (κ3) is 3.84. The van der Waals surface area contributed by atoms with Crippen LogP contribution in [0.4, 0.5) is 0 Å². The maximum absolute atomic E-state index is 12.1. The first-order valence-electron chi connectivity index (χ1n) is 7.65. The van der Waals surface area contributed by atoms with Crippen molar-refractivity contribution in [3.63, 3.8) is 0 Å². The fourth-order valence-corrected chi connectivity index (χ4v) is 3.73. The van der Waals surface area contributed by atoms with Crippen LogP contribution in [0.1, 0.15) is 53.7 Å². The molecule has 21 heavy (non-hydrogen) atoms. The minimum atomic E-state index is -0.750. The summed E-state index contributed by atoms with van der Waals surface area (Å²) in [6.45, 7) is 6.19. The molecule has 1 aromatic rings. The number of aryl methyl sites for hydroxylation is 1. The van der Waals surface area contributed by atoms with Crippen LogP contribution >= 0.6 is 11.3 Å². The zero-order chi connectivity index (χ0) is 15.4. The molecule has 1 aliphatic rings. The monoisotopic (exact) mass is 309 g/mol. The zero-order valence-electron chi connectivity index (χ0n) is 12.9. The van der Waals surface area contributed by atoms with E-state index in [0.29, 0.717) is 11.4 Å². The topological polar surface area (TPSA) is 55.4 Å². The van der Waals surface area contributed by atoms with Crippen LogP contribution in [-0.4, -0.2) is 24.5 Å². The molecule has 0 saturated heterocycles. The molecule has 0 unspecified atom stereocenters. The van der Waals surface area contributed by atoms with Crippen LogP contribution in [0.3, 0.4) is 0 Å². The normalized spacial score (nSPS) is 18.7. The van der Waals surface area contributed by atoms with Gasteiger partial charge in [-0.15, -0.1) is 11.3 Å². The Bertz CT molecular complexity index is 524. The minimum Gasteiger partial charge on any atom is -0.448 e. The lowest BCUT2D eigenvalue weighted by molar-refractivity contribution is -0.128. The van der Waals surface area contributed by atoms with E-state index in [1.165, 1.54) is 34.6 Å². The number of ether oxygens (including phenoxy) is 1. The SMILES string of the molecule is CCNC(=O)[C@H](C)OC(=O)c1cc2c(s1)CC[C@H](CC)C2. The molecule has 1 N–H and O–H groups in total. The van der Waals surface area contributed by atoms with Crippen molar-refractivity contribution in [1.29, 1.82) is 0 Å². The van der Waals surface area contributed by atoms with Gasteiger partial charge in [-0.25, -0.2) is 4.79 Å². The van der Waals surface area contributed by atoms with Gasteiger partial charge >= 0.3 is 5.97 Å². The van der Waals surface area contributed by atoms with Gasteiger partial charge in [-0.3, -0.25) is 4.79 Å². The summed E-state index contributed by atoms with van der Waals surface area (Å²) in [5.74, 6) is 0.0876. The largest absolute Gasteiger partial charge is 0.448 e. The van der Waals surface area contributed by atoms with Crippen LogP contribution in [0, 0.1) is 5.92 Å². The van der Waals surface area contributed by atoms with Crippen molar-refractivity contribution >= 4 is 23.2 Å². The maximum atomic E-state index is 12.1. The fourth-order valence-electron chi connectivity index (χ4n) is 2.64. The number of likely N-dealkylation sites (N-methyl/N-ethyl adjacent to an activating group) is 1. The summed E-state index contributed by atoms with van der Waals surface area (Å²) in [6.07, 6.45) is 3.75. The Labute approximate surface area is 129 Å². The van der Waals surface area contributed by atoms with Crippen molar-refractivity contribution in [2.75, 3.05) is 6.54 Å². The van der Waals surface area contributed by atoms with Crippen LogP contribution in [0.2, 0.25) is 0 Å². The molecule has 0 aliphatic heterocycles. The van der Waals surface area contributed by atoms with E-state index in [2.05, 4.69) is 12.2 Å². The molecule has 1 aromatic heterocycles. The molecule has 0 saturated carbocycles. The average Bonchev–Trinajstić information content (AvgIpc) is 2.90. The summed E-state index contributed by atoms with van der Waals surface area (Å²) in [5, 5.41) is 2.65. The number of rotatable bonds is 5. The van der Waals surface area contributed by atoms with Gasteiger partial charge in [-0.2, -0.15) is 0 Å². The molecule has 116 valence electrons. The van der Waals surface area contributed by atoms with E-state index in [1.807, 2.05) is 13.0 Å². The molecule has 1 amide bonds. The molecule has 2 rings (SSSR count). The predicted molar refractivity (Wildman–Crippen MR) is 83.7 cm³/mol. The number of nitrogens with one attached hydrogen (secondary N) is 1. The Hall–Kier alpha value is -1.36. The molecule has 0 radical (unpaired) electrons. The Morgan fingerprint density at radius 2 is 2.24 bits per heavy atom. The van der Waals surface area contributed by atoms with Crippen LogP contribution < -0.4 is 5.32 Å². The summed E-state index contributed by atoms with van der Waals surface area (Å²) in [7, 11) is 0. The minimum absolute atomic E-state index is 0.252. The Morgan fingerprint density at radius 3 is 2.90 bits per heavy atom. The quantitative estimate of drug-likeness (QED) is 0.851. The molecule has 0 spiro atoms. The second-order valence-corrected chi connectivity index (χ2v) is 6.66. The van der Waals surface area contributed by atoms with Gasteiger partial charge in [0, 0.05) is 11.4 Å². The lowest BCUT2D eigenvalue weighted by atomic mass is 9.87. The highest BCUT2D eigenvalue weighted by atomic mass is 32.1. The predicted octanol–water partition coefficient (Wildman–Crippen LogP) is 2.94. The van der Waals surface area contributed by atoms with Crippen LogP contribution in [0.25, 0.3) is 0 Å². The van der Waals surface area contributed by atoms with Crippen molar-refractivity contribution in [3.05, 3.63) is 21.4 Å². The van der Waals surface area contributed by atoms with E-state index in [-0.39, 0.29) is 11.9 Å². The summed E-state index contributed by atoms with van der Waals surface area (Å²) >= 11 is 1.52. The first kappa shape index (κ1) is 16.0. The van der Waals surface area contributed by atoms with Crippen LogP contribution in [-0.2, 0) is 22.4 Å². The molecular weight excluding hydrogens is 286 g/mol. The molecule has 1 heterocycles. The Balaban J connectivity index is 2.01. The molecule has 0 aromatic carbocycles. The van der Waals surface area contributed by atoms with E-state index in [1.54, 1.807) is 6.92 Å². The first-order chi connectivity index (χ1) is 10.0. The van der Waals surface area contributed by atoms with Crippen molar-refractivity contribution in [3.8, 4) is 0 Å². The van der Waals surface area contributed by atoms with Crippen LogP contribution in [0.15, 0.2) is 6.07 Å². The highest BCUT2D eigenvalue weighted by Gasteiger charge is 2.24. The fraction of sp³-hybridized carbons (Fsp3) is 0.625. The van der Waals surface area contributed by atoms with E-state index in [4.69, 9.17) is 4.74 Å². The van der Waals surface area contributed by atoms with Gasteiger partial charge in [0.25, 0.3) is 5.91 Å². The third-order valence-electron chi connectivity index (χ3n) is 3.97. The van der Waals surface area contributed by atoms with E-state index >= 15 is 0 Å². The number of hydrogen-bond acceptors (Lipinski definition) is 4. The third-order valence-corrected chi connectivity index (χ3v) is 5.18. The van der Waals surface area contributed by atoms with Gasteiger partial charge < -0.3 is 10.1 Å². The number of esters is 1. The Kier molecular flexibility index (Phi) is 5.39. The molecule has 2 atom stereocenters. The lowest BCUT2D eigenvalue weighted by Crippen LogP contribution is -2.35. The molecular formula is C16H23NO3S. The number of hydrogen-bond donors (Lipinski definition) is 1. The Morgan fingerprint density at radius 1 is 1.48 bits per heavy atom. The van der Waals surface area contributed by atoms with Gasteiger partial charge in [0.2, 0.25) is 0 Å². The number of fused-ring (bicyclic) bond motifs is 1. The summed E-state index contributed by atoms with van der Waals surface area (Å²) in [4.78, 5) is 25.7. The van der Waals surface area contributed by atoms with Crippen molar-refractivity contribution in [2.45, 2.75) is 52.6 Å². The van der Waals surface area contributed by atoms with Gasteiger partial charge in [0.1, 0.15) is 4.88 Å². The summed E-state index contributed by atoms with van der Waals surface area (Å²) < 4.78 is 5.24. The number of thiophene rings is 1. The second-order valence-electron chi connectivity index (χ2n) is 5.52. The lowest BCUT2D eigenvalue weighted by Gasteiger charge is -2.19. The smallest absolute Gasteiger partial charge is 0.349 e. The van der Waals surface area contributed by atoms with Crippen molar-refractivity contribution < 1.29 is 14.3 Å². The van der Waals surface area contributed by atoms with Gasteiger partial charge in [0.05, 0.1) is 0 Å². The molecule has 4 nitrogen and oxygen atoms in total. The number of carbonyl (C=O) groups excluding carboxylic acids is 2. The first-order valence-corrected chi connectivity index (χ1v) is 8.47. The van der Waals surface area contributed by atoms with E-state index in [0.717, 1.165) is 18.8 Å². The highest BCUT2D eigenvalue weighted by molar-refractivity contribution is 7.14. The highest BCUT2D eigenvalue weighted by Crippen LogP contribution is 2.33. The van der Waals surface area contributed by atoms with Gasteiger partial charge in [-0.05, 0) is 50.7 Å². The summed E-state index contributed by atoms with van der Waals surface area (Å²) in [6, 6.07) is 1.95. The average molecular weight is 309 g/mol. The molecule has 1 aliphatic carbocycles. The standard InChI is InChI=1S/C16H23NO3S/c1-4-11-6-7-13-12(8-11)9-14(21-13)16(19)20-10(3)15(18)17-5-2/h9-11H,4-8H2,1-3H3,(H,17,18)/t10-,11-/m0/s1. The molecule has 0 fully saturated rings. The van der Waals surface area contributed by atoms with Gasteiger partial charge in [0.15, 0.2) is 6.10 Å². The van der Waals surface area contributed by atoms with Crippen molar-refractivity contribution in [1.82, 2.24) is 5.32 Å². The molecule has 0 bridgehead atoms. The number of carbonyl (C=O) groups is 2. The second kappa shape index (κ2) is 7.07. The summed E-state index contributed by atoms with van der Waals surface area (Å²) in [5.41, 5.74) is 1.29. The molecule has 5 heteroatoms. The number of amides is 1. The zero-order valence-corrected chi connectivity index (χ0v) is 13.7. The van der Waals surface area contributed by atoms with Gasteiger partial charge in [-0.1, -0.05) is 13.3 Å². The van der Waals surface area contributed by atoms with E-state index < -0.39 is 6.10 Å². The van der Waals surface area contributed by atoms with E-state index in [9.17, 15) is 9.59 Å². The van der Waals surface area contributed by atoms with Crippen LogP contribution in [0.5, 0.6) is 0 Å². The van der Waals surface area contributed by atoms with Crippen molar-refractivity contribution in [2.24, 2.45) is 5.92 Å². The maximum Gasteiger partial charge on any atom is 0.349 e.